The van der Waals surface area contributed by atoms with Crippen LogP contribution in [0.25, 0.3) is 17.2 Å². The van der Waals surface area contributed by atoms with Gasteiger partial charge in [-0.15, -0.1) is 0 Å². The SMILES string of the molecule is C[C@H](OC(=O)/C=C/c1nc2ccccc2o1)C(N)=O. The van der Waals surface area contributed by atoms with Crippen LogP contribution >= 0.6 is 0 Å². The summed E-state index contributed by atoms with van der Waals surface area (Å²) in [5.41, 5.74) is 6.29. The number of hydrogen-bond acceptors (Lipinski definition) is 5. The molecule has 0 aliphatic carbocycles. The summed E-state index contributed by atoms with van der Waals surface area (Å²) >= 11 is 0. The maximum atomic E-state index is 11.4. The maximum Gasteiger partial charge on any atom is 0.331 e. The molecular weight excluding hydrogens is 248 g/mol. The molecule has 6 heteroatoms. The Morgan fingerprint density at radius 1 is 1.42 bits per heavy atom. The van der Waals surface area contributed by atoms with E-state index >= 15 is 0 Å². The summed E-state index contributed by atoms with van der Waals surface area (Å²) in [7, 11) is 0. The molecule has 1 aromatic heterocycles. The number of fused-ring (bicyclic) bond motifs is 1. The van der Waals surface area contributed by atoms with Gasteiger partial charge in [0.25, 0.3) is 5.91 Å². The van der Waals surface area contributed by atoms with Gasteiger partial charge in [0.2, 0.25) is 5.89 Å². The highest BCUT2D eigenvalue weighted by Crippen LogP contribution is 2.15. The van der Waals surface area contributed by atoms with Crippen molar-refractivity contribution in [2.24, 2.45) is 5.73 Å². The summed E-state index contributed by atoms with van der Waals surface area (Å²) in [6.07, 6.45) is 1.53. The van der Waals surface area contributed by atoms with Crippen LogP contribution < -0.4 is 5.73 Å². The van der Waals surface area contributed by atoms with E-state index in [2.05, 4.69) is 4.98 Å². The van der Waals surface area contributed by atoms with Gasteiger partial charge in [0.15, 0.2) is 11.7 Å². The number of hydrogen-bond donors (Lipinski definition) is 1. The van der Waals surface area contributed by atoms with Crippen molar-refractivity contribution in [2.45, 2.75) is 13.0 Å². The number of carbonyl (C=O) groups excluding carboxylic acids is 2. The monoisotopic (exact) mass is 260 g/mol. The van der Waals surface area contributed by atoms with E-state index in [0.717, 1.165) is 6.08 Å². The number of amides is 1. The van der Waals surface area contributed by atoms with E-state index in [0.29, 0.717) is 11.1 Å². The fourth-order valence-corrected chi connectivity index (χ4v) is 1.37. The Hall–Kier alpha value is -2.63. The van der Waals surface area contributed by atoms with Crippen LogP contribution in [0.4, 0.5) is 0 Å². The maximum absolute atomic E-state index is 11.4. The predicted octanol–water partition coefficient (Wildman–Crippen LogP) is 1.26. The lowest BCUT2D eigenvalue weighted by molar-refractivity contribution is -0.148. The number of primary amides is 1. The zero-order chi connectivity index (χ0) is 13.8. The minimum absolute atomic E-state index is 0.282. The Labute approximate surface area is 108 Å². The molecule has 1 amide bonds. The van der Waals surface area contributed by atoms with Crippen LogP contribution in [0.2, 0.25) is 0 Å². The second-order valence-electron chi connectivity index (χ2n) is 3.83. The molecule has 0 saturated heterocycles. The van der Waals surface area contributed by atoms with Crippen molar-refractivity contribution >= 4 is 29.1 Å². The molecule has 19 heavy (non-hydrogen) atoms. The highest BCUT2D eigenvalue weighted by Gasteiger charge is 2.12. The molecule has 0 saturated carbocycles. The van der Waals surface area contributed by atoms with Gasteiger partial charge in [0.05, 0.1) is 0 Å². The van der Waals surface area contributed by atoms with E-state index in [1.54, 1.807) is 12.1 Å². The van der Waals surface area contributed by atoms with Gasteiger partial charge >= 0.3 is 5.97 Å². The molecule has 0 bridgehead atoms. The first-order chi connectivity index (χ1) is 9.06. The average molecular weight is 260 g/mol. The second kappa shape index (κ2) is 5.34. The van der Waals surface area contributed by atoms with Gasteiger partial charge in [-0.05, 0) is 19.1 Å². The molecule has 1 heterocycles. The lowest BCUT2D eigenvalue weighted by atomic mass is 10.3. The van der Waals surface area contributed by atoms with Crippen LogP contribution in [0.15, 0.2) is 34.8 Å². The highest BCUT2D eigenvalue weighted by molar-refractivity contribution is 5.89. The van der Waals surface area contributed by atoms with Gasteiger partial charge in [-0.1, -0.05) is 12.1 Å². The lowest BCUT2D eigenvalue weighted by Crippen LogP contribution is -2.29. The summed E-state index contributed by atoms with van der Waals surface area (Å²) in [5, 5.41) is 0. The molecule has 2 N–H and O–H groups in total. The van der Waals surface area contributed by atoms with Crippen LogP contribution in [0.1, 0.15) is 12.8 Å². The number of nitrogens with zero attached hydrogens (tertiary/aromatic N) is 1. The average Bonchev–Trinajstić information content (AvgIpc) is 2.78. The second-order valence-corrected chi connectivity index (χ2v) is 3.83. The molecule has 1 aromatic carbocycles. The highest BCUT2D eigenvalue weighted by atomic mass is 16.5. The van der Waals surface area contributed by atoms with Crippen LogP contribution in [-0.2, 0) is 14.3 Å². The van der Waals surface area contributed by atoms with Crippen molar-refractivity contribution in [2.75, 3.05) is 0 Å². The smallest absolute Gasteiger partial charge is 0.331 e. The number of rotatable bonds is 4. The van der Waals surface area contributed by atoms with Crippen LogP contribution in [0, 0.1) is 0 Å². The first kappa shape index (κ1) is 12.8. The van der Waals surface area contributed by atoms with Crippen molar-refractivity contribution in [3.8, 4) is 0 Å². The van der Waals surface area contributed by atoms with Gasteiger partial charge in [-0.3, -0.25) is 4.79 Å². The summed E-state index contributed by atoms with van der Waals surface area (Å²) < 4.78 is 10.1. The minimum Gasteiger partial charge on any atom is -0.449 e. The fraction of sp³-hybridized carbons (Fsp3) is 0.154. The molecular formula is C13H12N2O4. The first-order valence-electron chi connectivity index (χ1n) is 5.60. The molecule has 0 radical (unpaired) electrons. The van der Waals surface area contributed by atoms with E-state index in [9.17, 15) is 9.59 Å². The van der Waals surface area contributed by atoms with Crippen LogP contribution in [0.3, 0.4) is 0 Å². The number of nitrogens with two attached hydrogens (primary N) is 1. The zero-order valence-corrected chi connectivity index (χ0v) is 10.2. The molecule has 1 atom stereocenters. The third kappa shape index (κ3) is 3.19. The molecule has 6 nitrogen and oxygen atoms in total. The number of aromatic nitrogens is 1. The van der Waals surface area contributed by atoms with Crippen molar-refractivity contribution < 1.29 is 18.7 Å². The van der Waals surface area contributed by atoms with Crippen molar-refractivity contribution in [3.63, 3.8) is 0 Å². The summed E-state index contributed by atoms with van der Waals surface area (Å²) in [5.74, 6) is -1.11. The molecule has 0 aliphatic heterocycles. The Kier molecular flexibility index (Phi) is 3.61. The number of ether oxygens (including phenoxy) is 1. The Morgan fingerprint density at radius 3 is 2.84 bits per heavy atom. The predicted molar refractivity (Wildman–Crippen MR) is 67.8 cm³/mol. The number of oxazole rings is 1. The van der Waals surface area contributed by atoms with E-state index in [1.165, 1.54) is 13.0 Å². The molecule has 0 fully saturated rings. The van der Waals surface area contributed by atoms with E-state index in [-0.39, 0.29) is 5.89 Å². The van der Waals surface area contributed by atoms with Gasteiger partial charge in [-0.25, -0.2) is 9.78 Å². The Morgan fingerprint density at radius 2 is 2.16 bits per heavy atom. The fourth-order valence-electron chi connectivity index (χ4n) is 1.37. The van der Waals surface area contributed by atoms with Gasteiger partial charge in [0.1, 0.15) is 5.52 Å². The van der Waals surface area contributed by atoms with Crippen molar-refractivity contribution in [1.82, 2.24) is 4.98 Å². The van der Waals surface area contributed by atoms with E-state index in [4.69, 9.17) is 14.9 Å². The minimum atomic E-state index is -0.971. The molecule has 2 rings (SSSR count). The largest absolute Gasteiger partial charge is 0.449 e. The number of esters is 1. The molecule has 2 aromatic rings. The zero-order valence-electron chi connectivity index (χ0n) is 10.2. The molecule has 0 unspecified atom stereocenters. The van der Waals surface area contributed by atoms with E-state index < -0.39 is 18.0 Å². The van der Waals surface area contributed by atoms with Crippen molar-refractivity contribution in [1.29, 1.82) is 0 Å². The lowest BCUT2D eigenvalue weighted by Gasteiger charge is -2.06. The topological polar surface area (TPSA) is 95.4 Å². The van der Waals surface area contributed by atoms with Crippen molar-refractivity contribution in [3.05, 3.63) is 36.2 Å². The van der Waals surface area contributed by atoms with E-state index in [1.807, 2.05) is 12.1 Å². The Bertz CT molecular complexity index is 612. The number of para-hydroxylation sites is 2. The van der Waals surface area contributed by atoms with Gasteiger partial charge < -0.3 is 14.9 Å². The first-order valence-corrected chi connectivity index (χ1v) is 5.60. The molecule has 98 valence electrons. The van der Waals surface area contributed by atoms with Crippen LogP contribution in [-0.4, -0.2) is 23.0 Å². The third-order valence-corrected chi connectivity index (χ3v) is 2.37. The standard InChI is InChI=1S/C13H12N2O4/c1-8(13(14)17)18-12(16)7-6-11-15-9-4-2-3-5-10(9)19-11/h2-8H,1H3,(H2,14,17)/b7-6+/t8-/m0/s1. The Balaban J connectivity index is 2.05. The summed E-state index contributed by atoms with van der Waals surface area (Å²) in [6, 6.07) is 7.22. The van der Waals surface area contributed by atoms with Gasteiger partial charge in [-0.2, -0.15) is 0 Å². The third-order valence-electron chi connectivity index (χ3n) is 2.37. The molecule has 0 spiro atoms. The van der Waals surface area contributed by atoms with Crippen LogP contribution in [0.5, 0.6) is 0 Å². The number of benzene rings is 1. The summed E-state index contributed by atoms with van der Waals surface area (Å²) in [6.45, 7) is 1.40. The quantitative estimate of drug-likeness (QED) is 0.659. The molecule has 0 aliphatic rings. The number of carbonyl (C=O) groups is 2. The normalized spacial score (nSPS) is 12.7. The van der Waals surface area contributed by atoms with Gasteiger partial charge in [0, 0.05) is 12.2 Å². The summed E-state index contributed by atoms with van der Waals surface area (Å²) in [4.78, 5) is 26.2.